The molecule has 4 rings (SSSR count). The van der Waals surface area contributed by atoms with Crippen LogP contribution in [-0.2, 0) is 6.42 Å². The molecule has 0 aliphatic heterocycles. The third kappa shape index (κ3) is 2.41. The Morgan fingerprint density at radius 3 is 2.55 bits per heavy atom. The fourth-order valence-corrected chi connectivity index (χ4v) is 2.86. The molecule has 0 radical (unpaired) electrons. The van der Waals surface area contributed by atoms with Gasteiger partial charge in [-0.2, -0.15) is 9.97 Å². The Morgan fingerprint density at radius 2 is 1.77 bits per heavy atom. The summed E-state index contributed by atoms with van der Waals surface area (Å²) >= 11 is 0. The van der Waals surface area contributed by atoms with E-state index in [0.717, 1.165) is 6.42 Å². The first-order valence-corrected chi connectivity index (χ1v) is 7.38. The van der Waals surface area contributed by atoms with E-state index in [4.69, 9.17) is 9.05 Å². The summed E-state index contributed by atoms with van der Waals surface area (Å²) in [7, 11) is 0. The lowest BCUT2D eigenvalue weighted by atomic mass is 10.0. The summed E-state index contributed by atoms with van der Waals surface area (Å²) in [5.74, 6) is 3.25. The van der Waals surface area contributed by atoms with E-state index in [1.165, 1.54) is 11.1 Å². The minimum Gasteiger partial charge on any atom is -0.340 e. The van der Waals surface area contributed by atoms with Gasteiger partial charge in [0.2, 0.25) is 11.8 Å². The summed E-state index contributed by atoms with van der Waals surface area (Å²) in [6.45, 7) is 3.90. The summed E-state index contributed by atoms with van der Waals surface area (Å²) < 4.78 is 10.4. The van der Waals surface area contributed by atoms with Gasteiger partial charge in [-0.25, -0.2) is 0 Å². The summed E-state index contributed by atoms with van der Waals surface area (Å²) in [5, 5.41) is 7.87. The number of nitrogens with zero attached hydrogens (tertiary/aromatic N) is 4. The first-order chi connectivity index (χ1) is 10.7. The van der Waals surface area contributed by atoms with Gasteiger partial charge >= 0.3 is 0 Å². The predicted octanol–water partition coefficient (Wildman–Crippen LogP) is 2.93. The van der Waals surface area contributed by atoms with E-state index in [1.807, 2.05) is 0 Å². The second-order valence-electron chi connectivity index (χ2n) is 5.76. The van der Waals surface area contributed by atoms with Crippen LogP contribution in [0.2, 0.25) is 0 Å². The Balaban J connectivity index is 1.48. The monoisotopic (exact) mass is 296 g/mol. The quantitative estimate of drug-likeness (QED) is 0.736. The number of hydrogen-bond donors (Lipinski definition) is 0. The van der Waals surface area contributed by atoms with Crippen LogP contribution in [0, 0.1) is 13.8 Å². The smallest absolute Gasteiger partial charge is 0.230 e. The molecular formula is C16H16N4O2. The van der Waals surface area contributed by atoms with Crippen molar-refractivity contribution in [2.24, 2.45) is 0 Å². The molecule has 22 heavy (non-hydrogen) atoms. The second kappa shape index (κ2) is 5.05. The maximum atomic E-state index is 5.41. The van der Waals surface area contributed by atoms with Crippen LogP contribution in [0.25, 0.3) is 0 Å². The third-order valence-corrected chi connectivity index (χ3v) is 4.07. The summed E-state index contributed by atoms with van der Waals surface area (Å²) in [6.07, 6.45) is 1.50. The zero-order valence-electron chi connectivity index (χ0n) is 12.5. The zero-order valence-corrected chi connectivity index (χ0v) is 12.5. The van der Waals surface area contributed by atoms with Gasteiger partial charge in [-0.1, -0.05) is 34.6 Å². The molecule has 1 aliphatic rings. The van der Waals surface area contributed by atoms with E-state index in [0.29, 0.717) is 41.7 Å². The molecule has 3 aromatic rings. The minimum atomic E-state index is 0.328. The normalized spacial score (nSPS) is 20.3. The van der Waals surface area contributed by atoms with Gasteiger partial charge in [-0.3, -0.25) is 0 Å². The first kappa shape index (κ1) is 13.2. The van der Waals surface area contributed by atoms with Crippen LogP contribution in [0.5, 0.6) is 0 Å². The Labute approximate surface area is 127 Å². The average molecular weight is 296 g/mol. The van der Waals surface area contributed by atoms with Crippen LogP contribution >= 0.6 is 0 Å². The highest BCUT2D eigenvalue weighted by molar-refractivity contribution is 5.36. The SMILES string of the molecule is Cc1nc(Cc2noc([C@H]3C[C@H]3c3ccccc3C)n2)no1. The van der Waals surface area contributed by atoms with Crippen molar-refractivity contribution < 1.29 is 9.05 Å². The Kier molecular flexibility index (Phi) is 3.03. The lowest BCUT2D eigenvalue weighted by molar-refractivity contribution is 0.372. The number of hydrogen-bond acceptors (Lipinski definition) is 6. The van der Waals surface area contributed by atoms with Crippen molar-refractivity contribution in [1.82, 2.24) is 20.3 Å². The minimum absolute atomic E-state index is 0.328. The number of aromatic nitrogens is 4. The van der Waals surface area contributed by atoms with Gasteiger partial charge in [0, 0.05) is 12.8 Å². The molecule has 0 amide bonds. The van der Waals surface area contributed by atoms with Gasteiger partial charge in [0.05, 0.1) is 6.42 Å². The molecular weight excluding hydrogens is 280 g/mol. The zero-order chi connectivity index (χ0) is 15.1. The van der Waals surface area contributed by atoms with Crippen LogP contribution in [0.1, 0.15) is 52.8 Å². The Hall–Kier alpha value is -2.50. The maximum absolute atomic E-state index is 5.41. The Bertz CT molecular complexity index is 808. The van der Waals surface area contributed by atoms with Crippen molar-refractivity contribution in [2.45, 2.75) is 38.5 Å². The van der Waals surface area contributed by atoms with E-state index < -0.39 is 0 Å². The highest BCUT2D eigenvalue weighted by Crippen LogP contribution is 2.54. The largest absolute Gasteiger partial charge is 0.340 e. The molecule has 2 atom stereocenters. The summed E-state index contributed by atoms with van der Waals surface area (Å²) in [6, 6.07) is 8.46. The molecule has 0 unspecified atom stereocenters. The molecule has 6 nitrogen and oxygen atoms in total. The van der Waals surface area contributed by atoms with Crippen LogP contribution in [-0.4, -0.2) is 20.3 Å². The van der Waals surface area contributed by atoms with Crippen molar-refractivity contribution in [1.29, 1.82) is 0 Å². The van der Waals surface area contributed by atoms with Gasteiger partial charge in [-0.15, -0.1) is 0 Å². The van der Waals surface area contributed by atoms with Crippen LogP contribution in [0.4, 0.5) is 0 Å². The molecule has 0 N–H and O–H groups in total. The van der Waals surface area contributed by atoms with E-state index in [-0.39, 0.29) is 0 Å². The molecule has 2 heterocycles. The van der Waals surface area contributed by atoms with E-state index >= 15 is 0 Å². The lowest BCUT2D eigenvalue weighted by Gasteiger charge is -2.02. The van der Waals surface area contributed by atoms with Gasteiger partial charge in [0.25, 0.3) is 0 Å². The van der Waals surface area contributed by atoms with E-state index in [9.17, 15) is 0 Å². The molecule has 112 valence electrons. The van der Waals surface area contributed by atoms with Crippen molar-refractivity contribution in [2.75, 3.05) is 0 Å². The summed E-state index contributed by atoms with van der Waals surface area (Å²) in [5.41, 5.74) is 2.69. The maximum Gasteiger partial charge on any atom is 0.230 e. The van der Waals surface area contributed by atoms with Gasteiger partial charge in [0.1, 0.15) is 0 Å². The second-order valence-corrected chi connectivity index (χ2v) is 5.76. The van der Waals surface area contributed by atoms with Crippen LogP contribution in [0.3, 0.4) is 0 Å². The molecule has 1 aromatic carbocycles. The first-order valence-electron chi connectivity index (χ1n) is 7.38. The highest BCUT2D eigenvalue weighted by atomic mass is 16.5. The molecule has 1 saturated carbocycles. The average Bonchev–Trinajstić information content (AvgIpc) is 2.97. The van der Waals surface area contributed by atoms with Gasteiger partial charge in [0.15, 0.2) is 11.6 Å². The van der Waals surface area contributed by atoms with Gasteiger partial charge < -0.3 is 9.05 Å². The van der Waals surface area contributed by atoms with E-state index in [1.54, 1.807) is 6.92 Å². The summed E-state index contributed by atoms with van der Waals surface area (Å²) in [4.78, 5) is 8.63. The number of benzene rings is 1. The van der Waals surface area contributed by atoms with Crippen molar-refractivity contribution in [3.05, 3.63) is 58.8 Å². The molecule has 6 heteroatoms. The van der Waals surface area contributed by atoms with Crippen molar-refractivity contribution in [3.63, 3.8) is 0 Å². The Morgan fingerprint density at radius 1 is 1.00 bits per heavy atom. The van der Waals surface area contributed by atoms with Crippen molar-refractivity contribution >= 4 is 0 Å². The standard InChI is InChI=1S/C16H16N4O2/c1-9-5-3-4-6-11(9)12-7-13(12)16-18-15(20-22-16)8-14-17-10(2)21-19-14/h3-6,12-13H,7-8H2,1-2H3/t12-,13-/m0/s1. The molecule has 0 saturated heterocycles. The fourth-order valence-electron chi connectivity index (χ4n) is 2.86. The fraction of sp³-hybridized carbons (Fsp3) is 0.375. The van der Waals surface area contributed by atoms with E-state index in [2.05, 4.69) is 51.5 Å². The molecule has 1 fully saturated rings. The molecule has 0 spiro atoms. The number of rotatable bonds is 4. The van der Waals surface area contributed by atoms with Crippen molar-refractivity contribution in [3.8, 4) is 0 Å². The lowest BCUT2D eigenvalue weighted by Crippen LogP contribution is -1.94. The third-order valence-electron chi connectivity index (χ3n) is 4.07. The molecule has 1 aliphatic carbocycles. The van der Waals surface area contributed by atoms with Gasteiger partial charge in [-0.05, 0) is 30.4 Å². The predicted molar refractivity (Wildman–Crippen MR) is 77.4 cm³/mol. The van der Waals surface area contributed by atoms with Crippen LogP contribution < -0.4 is 0 Å². The topological polar surface area (TPSA) is 77.8 Å². The van der Waals surface area contributed by atoms with Crippen LogP contribution in [0.15, 0.2) is 33.3 Å². The molecule has 0 bridgehead atoms. The molecule has 2 aromatic heterocycles. The number of aryl methyl sites for hydroxylation is 2. The highest BCUT2D eigenvalue weighted by Gasteiger charge is 2.44.